The quantitative estimate of drug-likeness (QED) is 0.764. The van der Waals surface area contributed by atoms with Gasteiger partial charge >= 0.3 is 0 Å². The van der Waals surface area contributed by atoms with Crippen molar-refractivity contribution in [1.82, 2.24) is 5.32 Å². The summed E-state index contributed by atoms with van der Waals surface area (Å²) >= 11 is 1.88. The summed E-state index contributed by atoms with van der Waals surface area (Å²) < 4.78 is 5.49. The van der Waals surface area contributed by atoms with Gasteiger partial charge in [0, 0.05) is 16.7 Å². The van der Waals surface area contributed by atoms with Crippen molar-refractivity contribution >= 4 is 11.8 Å². The van der Waals surface area contributed by atoms with Crippen molar-refractivity contribution in [2.24, 2.45) is 0 Å². The van der Waals surface area contributed by atoms with Crippen LogP contribution in [0, 0.1) is 6.92 Å². The molecule has 0 aromatic heterocycles. The molecule has 0 saturated carbocycles. The van der Waals surface area contributed by atoms with E-state index in [1.54, 1.807) is 0 Å². The van der Waals surface area contributed by atoms with Gasteiger partial charge in [0.25, 0.3) is 0 Å². The molecule has 2 nitrogen and oxygen atoms in total. The van der Waals surface area contributed by atoms with Crippen molar-refractivity contribution in [2.45, 2.75) is 24.8 Å². The molecule has 1 N–H and O–H groups in total. The first-order valence-corrected chi connectivity index (χ1v) is 8.31. The number of benzene rings is 2. The lowest BCUT2D eigenvalue weighted by atomic mass is 10.1. The fourth-order valence-corrected chi connectivity index (χ4v) is 3.17. The number of hydrogen-bond acceptors (Lipinski definition) is 3. The van der Waals surface area contributed by atoms with Gasteiger partial charge in [-0.3, -0.25) is 0 Å². The number of hydrogen-bond donors (Lipinski definition) is 1. The Bertz CT molecular complexity index is 536. The number of nitrogens with one attached hydrogen (secondary N) is 1. The summed E-state index contributed by atoms with van der Waals surface area (Å²) in [7, 11) is 2.01. The van der Waals surface area contributed by atoms with Gasteiger partial charge < -0.3 is 10.1 Å². The minimum Gasteiger partial charge on any atom is -0.494 e. The van der Waals surface area contributed by atoms with Gasteiger partial charge in [-0.1, -0.05) is 29.8 Å². The largest absolute Gasteiger partial charge is 0.494 e. The molecule has 0 aliphatic heterocycles. The van der Waals surface area contributed by atoms with E-state index in [-0.39, 0.29) is 0 Å². The van der Waals surface area contributed by atoms with Gasteiger partial charge in [-0.25, -0.2) is 0 Å². The van der Waals surface area contributed by atoms with Crippen molar-refractivity contribution in [2.75, 3.05) is 19.4 Å². The molecule has 0 radical (unpaired) electrons. The SMILES string of the molecule is CCOc1ccc(C(CSc2ccc(C)cc2)NC)cc1. The molecular formula is C18H23NOS. The van der Waals surface area contributed by atoms with Crippen LogP contribution in [-0.4, -0.2) is 19.4 Å². The van der Waals surface area contributed by atoms with Gasteiger partial charge in [-0.2, -0.15) is 0 Å². The zero-order valence-corrected chi connectivity index (χ0v) is 13.7. The van der Waals surface area contributed by atoms with E-state index in [1.165, 1.54) is 16.0 Å². The third kappa shape index (κ3) is 4.80. The number of rotatable bonds is 7. The van der Waals surface area contributed by atoms with Crippen molar-refractivity contribution in [1.29, 1.82) is 0 Å². The van der Waals surface area contributed by atoms with Crippen LogP contribution >= 0.6 is 11.8 Å². The topological polar surface area (TPSA) is 21.3 Å². The van der Waals surface area contributed by atoms with Crippen LogP contribution < -0.4 is 10.1 Å². The molecule has 0 fully saturated rings. The molecule has 2 aromatic carbocycles. The maximum atomic E-state index is 5.49. The highest BCUT2D eigenvalue weighted by atomic mass is 32.2. The zero-order valence-electron chi connectivity index (χ0n) is 12.9. The highest BCUT2D eigenvalue weighted by Gasteiger charge is 2.10. The maximum absolute atomic E-state index is 5.49. The van der Waals surface area contributed by atoms with Crippen LogP contribution in [0.4, 0.5) is 0 Å². The van der Waals surface area contributed by atoms with Gasteiger partial charge in [0.1, 0.15) is 5.75 Å². The van der Waals surface area contributed by atoms with Gasteiger partial charge in [-0.05, 0) is 50.7 Å². The van der Waals surface area contributed by atoms with E-state index in [4.69, 9.17) is 4.74 Å². The van der Waals surface area contributed by atoms with E-state index in [0.717, 1.165) is 11.5 Å². The van der Waals surface area contributed by atoms with E-state index >= 15 is 0 Å². The lowest BCUT2D eigenvalue weighted by Crippen LogP contribution is -2.18. The Kier molecular flexibility index (Phi) is 6.15. The summed E-state index contributed by atoms with van der Waals surface area (Å²) in [4.78, 5) is 1.31. The van der Waals surface area contributed by atoms with Crippen molar-refractivity contribution in [3.63, 3.8) is 0 Å². The van der Waals surface area contributed by atoms with Crippen LogP contribution in [0.1, 0.15) is 24.1 Å². The highest BCUT2D eigenvalue weighted by molar-refractivity contribution is 7.99. The molecule has 112 valence electrons. The molecule has 21 heavy (non-hydrogen) atoms. The molecular weight excluding hydrogens is 278 g/mol. The summed E-state index contributed by atoms with van der Waals surface area (Å²) in [6.45, 7) is 4.82. The van der Waals surface area contributed by atoms with E-state index in [1.807, 2.05) is 37.9 Å². The summed E-state index contributed by atoms with van der Waals surface area (Å²) in [6, 6.07) is 17.4. The summed E-state index contributed by atoms with van der Waals surface area (Å²) in [5.41, 5.74) is 2.59. The molecule has 1 unspecified atom stereocenters. The smallest absolute Gasteiger partial charge is 0.119 e. The fraction of sp³-hybridized carbons (Fsp3) is 0.333. The first-order valence-electron chi connectivity index (χ1n) is 7.32. The van der Waals surface area contributed by atoms with E-state index in [2.05, 4.69) is 48.6 Å². The first kappa shape index (κ1) is 15.9. The minimum absolute atomic E-state index is 0.340. The maximum Gasteiger partial charge on any atom is 0.119 e. The second-order valence-electron chi connectivity index (χ2n) is 4.97. The Balaban J connectivity index is 1.97. The zero-order chi connectivity index (χ0) is 15.1. The van der Waals surface area contributed by atoms with Crippen LogP contribution in [0.5, 0.6) is 5.75 Å². The molecule has 1 atom stereocenters. The Morgan fingerprint density at radius 3 is 2.29 bits per heavy atom. The van der Waals surface area contributed by atoms with Crippen LogP contribution in [0.3, 0.4) is 0 Å². The summed E-state index contributed by atoms with van der Waals surface area (Å²) in [5, 5.41) is 3.39. The Morgan fingerprint density at radius 1 is 1.05 bits per heavy atom. The molecule has 0 heterocycles. The van der Waals surface area contributed by atoms with Crippen LogP contribution in [0.25, 0.3) is 0 Å². The van der Waals surface area contributed by atoms with Crippen LogP contribution in [0.15, 0.2) is 53.4 Å². The monoisotopic (exact) mass is 301 g/mol. The second-order valence-corrected chi connectivity index (χ2v) is 6.06. The van der Waals surface area contributed by atoms with Crippen molar-refractivity contribution in [3.05, 3.63) is 59.7 Å². The first-order chi connectivity index (χ1) is 10.2. The molecule has 0 aliphatic rings. The third-order valence-electron chi connectivity index (χ3n) is 3.38. The fourth-order valence-electron chi connectivity index (χ4n) is 2.12. The molecule has 0 bridgehead atoms. The number of thioether (sulfide) groups is 1. The predicted molar refractivity (Wildman–Crippen MR) is 91.3 cm³/mol. The second kappa shape index (κ2) is 8.11. The minimum atomic E-state index is 0.340. The molecule has 0 spiro atoms. The van der Waals surface area contributed by atoms with Gasteiger partial charge in [0.05, 0.1) is 6.61 Å². The van der Waals surface area contributed by atoms with Crippen molar-refractivity contribution < 1.29 is 4.74 Å². The normalized spacial score (nSPS) is 12.1. The Morgan fingerprint density at radius 2 is 1.71 bits per heavy atom. The predicted octanol–water partition coefficient (Wildman–Crippen LogP) is 4.45. The molecule has 2 rings (SSSR count). The van der Waals surface area contributed by atoms with Gasteiger partial charge in [-0.15, -0.1) is 11.8 Å². The average Bonchev–Trinajstić information content (AvgIpc) is 2.51. The molecule has 0 saturated heterocycles. The summed E-state index contributed by atoms with van der Waals surface area (Å²) in [5.74, 6) is 1.94. The third-order valence-corrected chi connectivity index (χ3v) is 4.49. The molecule has 3 heteroatoms. The van der Waals surface area contributed by atoms with Crippen LogP contribution in [0.2, 0.25) is 0 Å². The lowest BCUT2D eigenvalue weighted by Gasteiger charge is -2.17. The number of ether oxygens (including phenoxy) is 1. The lowest BCUT2D eigenvalue weighted by molar-refractivity contribution is 0.340. The van der Waals surface area contributed by atoms with E-state index in [0.29, 0.717) is 12.6 Å². The standard InChI is InChI=1S/C18H23NOS/c1-4-20-16-9-7-15(8-10-16)18(19-3)13-21-17-11-5-14(2)6-12-17/h5-12,18-19H,4,13H2,1-3H3. The van der Waals surface area contributed by atoms with E-state index in [9.17, 15) is 0 Å². The Labute approximate surface area is 131 Å². The number of aryl methyl sites for hydroxylation is 1. The molecule has 0 amide bonds. The Hall–Kier alpha value is -1.45. The molecule has 2 aromatic rings. The molecule has 0 aliphatic carbocycles. The average molecular weight is 301 g/mol. The highest BCUT2D eigenvalue weighted by Crippen LogP contribution is 2.26. The van der Waals surface area contributed by atoms with Gasteiger partial charge in [0.2, 0.25) is 0 Å². The van der Waals surface area contributed by atoms with Gasteiger partial charge in [0.15, 0.2) is 0 Å². The van der Waals surface area contributed by atoms with Crippen LogP contribution in [-0.2, 0) is 0 Å². The van der Waals surface area contributed by atoms with Crippen molar-refractivity contribution in [3.8, 4) is 5.75 Å². The summed E-state index contributed by atoms with van der Waals surface area (Å²) in [6.07, 6.45) is 0. The van der Waals surface area contributed by atoms with E-state index < -0.39 is 0 Å².